The highest BCUT2D eigenvalue weighted by molar-refractivity contribution is 7.16. The predicted molar refractivity (Wildman–Crippen MR) is 108 cm³/mol. The molecule has 0 saturated carbocycles. The van der Waals surface area contributed by atoms with Crippen LogP contribution in [0, 0.1) is 0 Å². The molecule has 0 bridgehead atoms. The molecule has 3 aromatic rings. The fourth-order valence-corrected chi connectivity index (χ4v) is 4.43. The maximum absolute atomic E-state index is 12.6. The number of hydrogen-bond acceptors (Lipinski definition) is 3. The van der Waals surface area contributed by atoms with Crippen molar-refractivity contribution in [3.05, 3.63) is 61.8 Å². The molecule has 5 nitrogen and oxygen atoms in total. The van der Waals surface area contributed by atoms with Crippen LogP contribution < -0.4 is 4.80 Å². The number of rotatable bonds is 4. The standard InChI is InChI=1S/C18H13Cl3N2O3S/c1-2-13(17(25)26)23-14-8-10(19)3-4-15(14)27-18(23)22-16(24)9-5-11(20)7-12(21)6-9/h3-8,13H,2H2,1H3,(H,25,26). The number of hydrogen-bond donors (Lipinski definition) is 1. The number of amides is 1. The first-order valence-electron chi connectivity index (χ1n) is 7.88. The van der Waals surface area contributed by atoms with Gasteiger partial charge in [-0.05, 0) is 42.8 Å². The number of aromatic nitrogens is 1. The average Bonchev–Trinajstić information content (AvgIpc) is 2.92. The molecule has 140 valence electrons. The van der Waals surface area contributed by atoms with E-state index in [1.165, 1.54) is 34.1 Å². The summed E-state index contributed by atoms with van der Waals surface area (Å²) < 4.78 is 2.30. The fraction of sp³-hybridized carbons (Fsp3) is 0.167. The van der Waals surface area contributed by atoms with E-state index in [1.807, 2.05) is 0 Å². The molecule has 0 saturated heterocycles. The minimum Gasteiger partial charge on any atom is -0.480 e. The van der Waals surface area contributed by atoms with Gasteiger partial charge in [0.2, 0.25) is 0 Å². The van der Waals surface area contributed by atoms with Crippen LogP contribution in [0.25, 0.3) is 10.2 Å². The molecular formula is C18H13Cl3N2O3S. The Morgan fingerprint density at radius 1 is 1.11 bits per heavy atom. The largest absolute Gasteiger partial charge is 0.480 e. The number of carboxylic acids is 1. The fourth-order valence-electron chi connectivity index (χ4n) is 2.69. The zero-order chi connectivity index (χ0) is 19.7. The van der Waals surface area contributed by atoms with E-state index in [-0.39, 0.29) is 10.4 Å². The summed E-state index contributed by atoms with van der Waals surface area (Å²) in [6, 6.07) is 8.69. The zero-order valence-corrected chi connectivity index (χ0v) is 17.0. The van der Waals surface area contributed by atoms with Crippen LogP contribution in [0.3, 0.4) is 0 Å². The first kappa shape index (κ1) is 19.9. The van der Waals surface area contributed by atoms with Gasteiger partial charge in [-0.25, -0.2) is 4.79 Å². The molecule has 0 radical (unpaired) electrons. The van der Waals surface area contributed by atoms with Crippen molar-refractivity contribution >= 4 is 68.2 Å². The van der Waals surface area contributed by atoms with E-state index in [0.29, 0.717) is 27.0 Å². The third kappa shape index (κ3) is 4.19. The Hall–Kier alpha value is -1.86. The van der Waals surface area contributed by atoms with E-state index >= 15 is 0 Å². The molecule has 1 aromatic heterocycles. The summed E-state index contributed by atoms with van der Waals surface area (Å²) in [4.78, 5) is 28.8. The van der Waals surface area contributed by atoms with E-state index < -0.39 is 17.9 Å². The monoisotopic (exact) mass is 442 g/mol. The number of nitrogens with zero attached hydrogens (tertiary/aromatic N) is 2. The normalized spacial score (nSPS) is 13.1. The van der Waals surface area contributed by atoms with Crippen LogP contribution in [0.2, 0.25) is 15.1 Å². The molecule has 2 aromatic carbocycles. The van der Waals surface area contributed by atoms with Crippen LogP contribution in [0.5, 0.6) is 0 Å². The van der Waals surface area contributed by atoms with Crippen LogP contribution in [0.1, 0.15) is 29.7 Å². The van der Waals surface area contributed by atoms with Crippen LogP contribution in [0.4, 0.5) is 0 Å². The van der Waals surface area contributed by atoms with Gasteiger partial charge in [0.15, 0.2) is 4.80 Å². The molecule has 1 amide bonds. The van der Waals surface area contributed by atoms with Gasteiger partial charge in [-0.15, -0.1) is 0 Å². The van der Waals surface area contributed by atoms with Gasteiger partial charge in [0.25, 0.3) is 5.91 Å². The molecule has 1 N–H and O–H groups in total. The molecular weight excluding hydrogens is 431 g/mol. The Morgan fingerprint density at radius 3 is 2.37 bits per heavy atom. The average molecular weight is 444 g/mol. The lowest BCUT2D eigenvalue weighted by molar-refractivity contribution is -0.140. The van der Waals surface area contributed by atoms with E-state index in [4.69, 9.17) is 34.8 Å². The summed E-state index contributed by atoms with van der Waals surface area (Å²) in [6.07, 6.45) is 0.318. The third-order valence-corrected chi connectivity index (χ3v) is 5.59. The van der Waals surface area contributed by atoms with Crippen molar-refractivity contribution in [3.8, 4) is 0 Å². The third-order valence-electron chi connectivity index (χ3n) is 3.88. The van der Waals surface area contributed by atoms with Crippen molar-refractivity contribution < 1.29 is 14.7 Å². The Balaban J connectivity index is 2.25. The second kappa shape index (κ2) is 8.02. The quantitative estimate of drug-likeness (QED) is 0.583. The minimum atomic E-state index is -1.02. The van der Waals surface area contributed by atoms with Crippen molar-refractivity contribution in [3.63, 3.8) is 0 Å². The van der Waals surface area contributed by atoms with Crippen molar-refractivity contribution in [2.75, 3.05) is 0 Å². The smallest absolute Gasteiger partial charge is 0.326 e. The highest BCUT2D eigenvalue weighted by Gasteiger charge is 2.22. The molecule has 9 heteroatoms. The van der Waals surface area contributed by atoms with Crippen molar-refractivity contribution in [2.24, 2.45) is 4.99 Å². The van der Waals surface area contributed by atoms with Gasteiger partial charge in [0.1, 0.15) is 6.04 Å². The second-order valence-electron chi connectivity index (χ2n) is 5.70. The first-order valence-corrected chi connectivity index (χ1v) is 9.83. The summed E-state index contributed by atoms with van der Waals surface area (Å²) in [6.45, 7) is 1.75. The lowest BCUT2D eigenvalue weighted by Crippen LogP contribution is -2.27. The number of carbonyl (C=O) groups excluding carboxylic acids is 1. The molecule has 27 heavy (non-hydrogen) atoms. The Morgan fingerprint density at radius 2 is 1.78 bits per heavy atom. The molecule has 0 aliphatic heterocycles. The first-order chi connectivity index (χ1) is 12.8. The Kier molecular flexibility index (Phi) is 5.91. The molecule has 0 spiro atoms. The van der Waals surface area contributed by atoms with E-state index in [1.54, 1.807) is 25.1 Å². The number of thiazole rings is 1. The summed E-state index contributed by atoms with van der Waals surface area (Å²) in [7, 11) is 0. The highest BCUT2D eigenvalue weighted by Crippen LogP contribution is 2.26. The van der Waals surface area contributed by atoms with E-state index in [0.717, 1.165) is 4.70 Å². The topological polar surface area (TPSA) is 71.7 Å². The molecule has 0 aliphatic rings. The van der Waals surface area contributed by atoms with E-state index in [2.05, 4.69) is 4.99 Å². The van der Waals surface area contributed by atoms with Crippen LogP contribution in [0.15, 0.2) is 41.4 Å². The van der Waals surface area contributed by atoms with Gasteiger partial charge in [-0.1, -0.05) is 53.1 Å². The highest BCUT2D eigenvalue weighted by atomic mass is 35.5. The lowest BCUT2D eigenvalue weighted by atomic mass is 10.2. The molecule has 1 atom stereocenters. The van der Waals surface area contributed by atoms with Gasteiger partial charge in [0, 0.05) is 20.6 Å². The second-order valence-corrected chi connectivity index (χ2v) is 8.02. The number of fused-ring (bicyclic) bond motifs is 1. The summed E-state index contributed by atoms with van der Waals surface area (Å²) in [5.74, 6) is -1.58. The number of carboxylic acid groups (broad SMARTS) is 1. The van der Waals surface area contributed by atoms with Crippen molar-refractivity contribution in [1.29, 1.82) is 0 Å². The van der Waals surface area contributed by atoms with Gasteiger partial charge in [-0.2, -0.15) is 4.99 Å². The number of halogens is 3. The molecule has 1 unspecified atom stereocenters. The van der Waals surface area contributed by atoms with Gasteiger partial charge >= 0.3 is 5.97 Å². The summed E-state index contributed by atoms with van der Waals surface area (Å²) in [5, 5.41) is 10.7. The van der Waals surface area contributed by atoms with Crippen LogP contribution >= 0.6 is 46.1 Å². The van der Waals surface area contributed by atoms with Crippen LogP contribution in [-0.2, 0) is 4.79 Å². The minimum absolute atomic E-state index is 0.220. The zero-order valence-electron chi connectivity index (χ0n) is 13.9. The molecule has 1 heterocycles. The summed E-state index contributed by atoms with van der Waals surface area (Å²) in [5.41, 5.74) is 0.829. The van der Waals surface area contributed by atoms with Crippen molar-refractivity contribution in [2.45, 2.75) is 19.4 Å². The number of aliphatic carboxylic acids is 1. The molecule has 0 aliphatic carbocycles. The van der Waals surface area contributed by atoms with Crippen LogP contribution in [-0.4, -0.2) is 21.6 Å². The van der Waals surface area contributed by atoms with Gasteiger partial charge < -0.3 is 9.67 Å². The van der Waals surface area contributed by atoms with E-state index in [9.17, 15) is 14.7 Å². The molecule has 3 rings (SSSR count). The summed E-state index contributed by atoms with van der Waals surface area (Å²) >= 11 is 19.2. The lowest BCUT2D eigenvalue weighted by Gasteiger charge is -2.13. The number of carbonyl (C=O) groups is 2. The predicted octanol–water partition coefficient (Wildman–Crippen LogP) is 5.44. The number of benzene rings is 2. The van der Waals surface area contributed by atoms with Crippen molar-refractivity contribution in [1.82, 2.24) is 4.57 Å². The molecule has 0 fully saturated rings. The van der Waals surface area contributed by atoms with Gasteiger partial charge in [-0.3, -0.25) is 4.79 Å². The maximum Gasteiger partial charge on any atom is 0.326 e. The Labute approximate surface area is 173 Å². The SMILES string of the molecule is CCC(C(=O)O)n1c(=NC(=O)c2cc(Cl)cc(Cl)c2)sc2ccc(Cl)cc21. The Bertz CT molecular complexity index is 1100. The van der Waals surface area contributed by atoms with Gasteiger partial charge in [0.05, 0.1) is 10.2 Å². The maximum atomic E-state index is 12.6.